The summed E-state index contributed by atoms with van der Waals surface area (Å²) in [6.07, 6.45) is 4.31. The van der Waals surface area contributed by atoms with Crippen molar-refractivity contribution in [2.75, 3.05) is 62.0 Å². The van der Waals surface area contributed by atoms with Crippen LogP contribution in [0.1, 0.15) is 18.4 Å². The van der Waals surface area contributed by atoms with E-state index >= 15 is 0 Å². The molecule has 31 heavy (non-hydrogen) atoms. The van der Waals surface area contributed by atoms with Gasteiger partial charge >= 0.3 is 0 Å². The molecule has 3 heterocycles. The molecule has 0 bridgehead atoms. The Bertz CT molecular complexity index is 882. The number of nitrogens with zero attached hydrogens (tertiary/aromatic N) is 3. The van der Waals surface area contributed by atoms with E-state index < -0.39 is 0 Å². The highest BCUT2D eigenvalue weighted by atomic mass is 16.5. The van der Waals surface area contributed by atoms with Crippen LogP contribution in [-0.4, -0.2) is 68.3 Å². The summed E-state index contributed by atoms with van der Waals surface area (Å²) in [4.78, 5) is 20.7. The summed E-state index contributed by atoms with van der Waals surface area (Å²) < 4.78 is 5.43. The van der Waals surface area contributed by atoms with Gasteiger partial charge in [-0.3, -0.25) is 4.79 Å². The van der Waals surface area contributed by atoms with Crippen LogP contribution >= 0.6 is 0 Å². The first-order valence-electron chi connectivity index (χ1n) is 11.0. The first kappa shape index (κ1) is 21.4. The summed E-state index contributed by atoms with van der Waals surface area (Å²) in [6, 6.07) is 10.8. The maximum atomic E-state index is 11.5. The normalized spacial score (nSPS) is 19.4. The van der Waals surface area contributed by atoms with E-state index in [1.807, 2.05) is 6.07 Å². The number of likely N-dealkylation sites (N-methyl/N-ethyl adjacent to an activating group) is 1. The number of ether oxygens (including phenoxy) is 1. The molecule has 2 aromatic rings. The number of morpholine rings is 1. The average Bonchev–Trinajstić information content (AvgIpc) is 3.19. The van der Waals surface area contributed by atoms with E-state index in [9.17, 15) is 4.79 Å². The second-order valence-corrected chi connectivity index (χ2v) is 8.30. The highest BCUT2D eigenvalue weighted by Gasteiger charge is 2.21. The highest BCUT2D eigenvalue weighted by molar-refractivity contribution is 5.79. The molecular formula is C23H32N6O2. The number of rotatable bonds is 8. The predicted molar refractivity (Wildman–Crippen MR) is 124 cm³/mol. The fourth-order valence-electron chi connectivity index (χ4n) is 4.24. The number of nitrogens with one attached hydrogen (secondary N) is 2. The second-order valence-electron chi connectivity index (χ2n) is 8.30. The van der Waals surface area contributed by atoms with Crippen molar-refractivity contribution >= 4 is 28.8 Å². The lowest BCUT2D eigenvalue weighted by molar-refractivity contribution is -0.117. The molecule has 0 aliphatic carbocycles. The highest BCUT2D eigenvalue weighted by Crippen LogP contribution is 2.25. The van der Waals surface area contributed by atoms with Gasteiger partial charge in [-0.2, -0.15) is 0 Å². The van der Waals surface area contributed by atoms with Crippen LogP contribution in [0.2, 0.25) is 0 Å². The molecule has 2 fully saturated rings. The van der Waals surface area contributed by atoms with Gasteiger partial charge in [0.25, 0.3) is 0 Å². The van der Waals surface area contributed by atoms with Gasteiger partial charge in [-0.1, -0.05) is 0 Å². The number of nitrogens with two attached hydrogens (primary N) is 1. The summed E-state index contributed by atoms with van der Waals surface area (Å²) in [6.45, 7) is 5.34. The van der Waals surface area contributed by atoms with Crippen molar-refractivity contribution in [1.82, 2.24) is 9.88 Å². The topological polar surface area (TPSA) is 95.8 Å². The van der Waals surface area contributed by atoms with E-state index in [4.69, 9.17) is 10.5 Å². The number of amides is 1. The summed E-state index contributed by atoms with van der Waals surface area (Å²) in [5.74, 6) is 0.372. The van der Waals surface area contributed by atoms with E-state index in [0.717, 1.165) is 62.1 Å². The van der Waals surface area contributed by atoms with E-state index in [2.05, 4.69) is 56.7 Å². The van der Waals surface area contributed by atoms with Crippen molar-refractivity contribution in [2.24, 2.45) is 5.73 Å². The van der Waals surface area contributed by atoms with Crippen LogP contribution in [0.4, 0.5) is 22.9 Å². The molecule has 0 spiro atoms. The fourth-order valence-corrected chi connectivity index (χ4v) is 4.24. The van der Waals surface area contributed by atoms with Gasteiger partial charge in [0.1, 0.15) is 5.82 Å². The Balaban J connectivity index is 1.45. The molecule has 1 amide bonds. The van der Waals surface area contributed by atoms with Gasteiger partial charge in [0.2, 0.25) is 5.91 Å². The molecule has 8 nitrogen and oxygen atoms in total. The van der Waals surface area contributed by atoms with Gasteiger partial charge in [0.15, 0.2) is 0 Å². The van der Waals surface area contributed by atoms with Crippen LogP contribution < -0.4 is 21.3 Å². The van der Waals surface area contributed by atoms with Gasteiger partial charge in [0.05, 0.1) is 19.6 Å². The maximum absolute atomic E-state index is 11.5. The van der Waals surface area contributed by atoms with Crippen molar-refractivity contribution < 1.29 is 9.53 Å². The first-order chi connectivity index (χ1) is 15.1. The molecule has 4 rings (SSSR count). The number of hydrogen-bond donors (Lipinski definition) is 3. The Kier molecular flexibility index (Phi) is 6.89. The number of carbonyl (C=O) groups is 1. The zero-order valence-corrected chi connectivity index (χ0v) is 18.1. The van der Waals surface area contributed by atoms with Crippen LogP contribution in [0.3, 0.4) is 0 Å². The van der Waals surface area contributed by atoms with Gasteiger partial charge < -0.3 is 30.9 Å². The van der Waals surface area contributed by atoms with Crippen molar-refractivity contribution in [1.29, 1.82) is 0 Å². The Morgan fingerprint density at radius 1 is 1.23 bits per heavy atom. The van der Waals surface area contributed by atoms with Gasteiger partial charge in [-0.25, -0.2) is 4.98 Å². The molecule has 1 aromatic carbocycles. The van der Waals surface area contributed by atoms with Crippen LogP contribution in [0.15, 0.2) is 36.5 Å². The summed E-state index contributed by atoms with van der Waals surface area (Å²) in [5, 5.41) is 6.89. The molecule has 8 heteroatoms. The largest absolute Gasteiger partial charge is 0.383 e. The number of pyridine rings is 1. The van der Waals surface area contributed by atoms with Gasteiger partial charge in [-0.05, 0) is 50.7 Å². The zero-order chi connectivity index (χ0) is 21.6. The molecule has 1 aromatic heterocycles. The molecule has 166 valence electrons. The number of benzene rings is 1. The minimum Gasteiger partial charge on any atom is -0.383 e. The number of carbonyl (C=O) groups excluding carboxylic acids is 1. The second kappa shape index (κ2) is 9.98. The molecule has 2 aliphatic rings. The Morgan fingerprint density at radius 2 is 2.00 bits per heavy atom. The lowest BCUT2D eigenvalue weighted by Gasteiger charge is -2.28. The zero-order valence-electron chi connectivity index (χ0n) is 18.1. The minimum absolute atomic E-state index is 0.171. The fraction of sp³-hybridized carbons (Fsp3) is 0.478. The monoisotopic (exact) mass is 424 g/mol. The third kappa shape index (κ3) is 5.65. The molecule has 2 saturated heterocycles. The quantitative estimate of drug-likeness (QED) is 0.598. The standard InChI is InChI=1S/C23H32N6O2/c1-28-8-2-3-20(28)16-25-21-14-23(26-15-17(21)13-22(24)30)27-18-4-6-19(7-5-18)29-9-11-31-12-10-29/h4-7,14-15,20H,2-3,8-13,16H2,1H3,(H2,24,30)(H2,25,26,27). The lowest BCUT2D eigenvalue weighted by Crippen LogP contribution is -2.36. The molecule has 2 aliphatic heterocycles. The van der Waals surface area contributed by atoms with E-state index in [1.54, 1.807) is 6.20 Å². The average molecular weight is 425 g/mol. The van der Waals surface area contributed by atoms with Crippen molar-refractivity contribution in [2.45, 2.75) is 25.3 Å². The first-order valence-corrected chi connectivity index (χ1v) is 11.0. The number of hydrogen-bond acceptors (Lipinski definition) is 7. The Hall–Kier alpha value is -2.84. The van der Waals surface area contributed by atoms with E-state index in [0.29, 0.717) is 6.04 Å². The van der Waals surface area contributed by atoms with E-state index in [1.165, 1.54) is 18.5 Å². The molecule has 0 saturated carbocycles. The maximum Gasteiger partial charge on any atom is 0.221 e. The summed E-state index contributed by atoms with van der Waals surface area (Å²) in [7, 11) is 2.16. The van der Waals surface area contributed by atoms with Gasteiger partial charge in [0, 0.05) is 60.6 Å². The molecule has 4 N–H and O–H groups in total. The SMILES string of the molecule is CN1CCCC1CNc1cc(Nc2ccc(N3CCOCC3)cc2)ncc1CC(N)=O. The lowest BCUT2D eigenvalue weighted by atomic mass is 10.1. The third-order valence-corrected chi connectivity index (χ3v) is 6.07. The molecule has 1 atom stereocenters. The van der Waals surface area contributed by atoms with Crippen molar-refractivity contribution in [3.63, 3.8) is 0 Å². The number of primary amides is 1. The minimum atomic E-state index is -0.359. The van der Waals surface area contributed by atoms with Gasteiger partial charge in [-0.15, -0.1) is 0 Å². The number of likely N-dealkylation sites (tertiary alicyclic amines) is 1. The third-order valence-electron chi connectivity index (χ3n) is 6.07. The molecule has 0 radical (unpaired) electrons. The number of anilines is 4. The van der Waals surface area contributed by atoms with Crippen LogP contribution in [-0.2, 0) is 16.0 Å². The molecule has 1 unspecified atom stereocenters. The smallest absolute Gasteiger partial charge is 0.221 e. The van der Waals surface area contributed by atoms with Crippen LogP contribution in [0.5, 0.6) is 0 Å². The van der Waals surface area contributed by atoms with Crippen LogP contribution in [0.25, 0.3) is 0 Å². The summed E-state index contributed by atoms with van der Waals surface area (Å²) >= 11 is 0. The molecular weight excluding hydrogens is 392 g/mol. The predicted octanol–water partition coefficient (Wildman–Crippen LogP) is 2.20. The van der Waals surface area contributed by atoms with Crippen LogP contribution in [0, 0.1) is 0 Å². The van der Waals surface area contributed by atoms with Crippen molar-refractivity contribution in [3.8, 4) is 0 Å². The Morgan fingerprint density at radius 3 is 2.68 bits per heavy atom. The van der Waals surface area contributed by atoms with E-state index in [-0.39, 0.29) is 12.3 Å². The van der Waals surface area contributed by atoms with Crippen molar-refractivity contribution in [3.05, 3.63) is 42.1 Å². The Labute approximate surface area is 183 Å². The summed E-state index contributed by atoms with van der Waals surface area (Å²) in [5.41, 5.74) is 9.33. The number of aromatic nitrogens is 1.